The highest BCUT2D eigenvalue weighted by Crippen LogP contribution is 2.29. The molecular formula is C28H37N3. The van der Waals surface area contributed by atoms with Crippen LogP contribution in [0.5, 0.6) is 0 Å². The van der Waals surface area contributed by atoms with Gasteiger partial charge in [0.05, 0.1) is 0 Å². The van der Waals surface area contributed by atoms with Gasteiger partial charge in [0.15, 0.2) is 0 Å². The number of benzene rings is 2. The molecule has 3 heteroatoms. The Hall–Kier alpha value is -3.04. The summed E-state index contributed by atoms with van der Waals surface area (Å²) in [5.41, 5.74) is 10.1. The molecule has 3 nitrogen and oxygen atoms in total. The smallest absolute Gasteiger partial charge is 0.0493 e. The maximum Gasteiger partial charge on any atom is 0.0493 e. The normalized spacial score (nSPS) is 11.6. The Balaban J connectivity index is 2.29. The second-order valence-corrected chi connectivity index (χ2v) is 8.49. The molecule has 0 fully saturated rings. The van der Waals surface area contributed by atoms with Crippen LogP contribution in [-0.2, 0) is 6.54 Å². The van der Waals surface area contributed by atoms with E-state index in [0.717, 1.165) is 41.8 Å². The molecule has 164 valence electrons. The summed E-state index contributed by atoms with van der Waals surface area (Å²) < 4.78 is 0. The van der Waals surface area contributed by atoms with Gasteiger partial charge in [-0.25, -0.2) is 0 Å². The van der Waals surface area contributed by atoms with Crippen molar-refractivity contribution in [3.8, 4) is 11.1 Å². The molecule has 1 atom stereocenters. The molecule has 0 aliphatic rings. The predicted octanol–water partition coefficient (Wildman–Crippen LogP) is 6.67. The molecule has 0 spiro atoms. The van der Waals surface area contributed by atoms with Crippen LogP contribution in [0.1, 0.15) is 44.7 Å². The topological polar surface area (TPSA) is 41.3 Å². The largest absolute Gasteiger partial charge is 0.364 e. The van der Waals surface area contributed by atoms with Crippen LogP contribution in [0.15, 0.2) is 92.2 Å². The van der Waals surface area contributed by atoms with Gasteiger partial charge in [-0.2, -0.15) is 0 Å². The SMILES string of the molecule is C=CC(C(C)C)N(Cc1ccc(-c2ccccc2C(=C)NN)cc1)C(=C)CCC(=C)C. The van der Waals surface area contributed by atoms with Gasteiger partial charge >= 0.3 is 0 Å². The number of allylic oxidation sites excluding steroid dienone is 2. The van der Waals surface area contributed by atoms with Crippen molar-refractivity contribution in [1.82, 2.24) is 10.3 Å². The van der Waals surface area contributed by atoms with Gasteiger partial charge in [0, 0.05) is 29.5 Å². The third-order valence-corrected chi connectivity index (χ3v) is 5.58. The van der Waals surface area contributed by atoms with E-state index in [1.807, 2.05) is 24.3 Å². The van der Waals surface area contributed by atoms with Crippen LogP contribution in [-0.4, -0.2) is 10.9 Å². The second kappa shape index (κ2) is 11.4. The van der Waals surface area contributed by atoms with E-state index in [-0.39, 0.29) is 6.04 Å². The number of nitrogens with one attached hydrogen (secondary N) is 1. The maximum absolute atomic E-state index is 5.59. The Morgan fingerprint density at radius 1 is 1.03 bits per heavy atom. The Morgan fingerprint density at radius 3 is 2.23 bits per heavy atom. The van der Waals surface area contributed by atoms with Gasteiger partial charge in [-0.15, -0.1) is 13.2 Å². The quantitative estimate of drug-likeness (QED) is 0.231. The molecule has 2 aromatic carbocycles. The number of nitrogens with two attached hydrogens (primary N) is 1. The van der Waals surface area contributed by atoms with Crippen LogP contribution in [0.25, 0.3) is 16.8 Å². The van der Waals surface area contributed by atoms with E-state index in [0.29, 0.717) is 11.6 Å². The zero-order valence-electron chi connectivity index (χ0n) is 19.3. The molecule has 0 bridgehead atoms. The molecule has 2 aromatic rings. The number of hydrazine groups is 1. The fourth-order valence-corrected chi connectivity index (χ4v) is 3.75. The fraction of sp³-hybridized carbons (Fsp3) is 0.286. The fourth-order valence-electron chi connectivity index (χ4n) is 3.75. The zero-order chi connectivity index (χ0) is 23.0. The lowest BCUT2D eigenvalue weighted by atomic mass is 9.96. The standard InChI is InChI=1S/C28H37N3/c1-8-28(21(4)5)31(22(6)14-13-20(2)3)19-24-15-17-25(18-16-24)27-12-10-9-11-26(27)23(7)30-29/h8-12,15-18,21,28,30H,1-2,6-7,13-14,19,29H2,3-5H3. The molecular weight excluding hydrogens is 378 g/mol. The molecule has 1 unspecified atom stereocenters. The summed E-state index contributed by atoms with van der Waals surface area (Å²) in [6.45, 7) is 23.8. The third kappa shape index (κ3) is 6.47. The Kier molecular flexibility index (Phi) is 8.89. The Bertz CT molecular complexity index is 922. The van der Waals surface area contributed by atoms with Gasteiger partial charge in [-0.3, -0.25) is 5.84 Å². The first kappa shape index (κ1) is 24.2. The third-order valence-electron chi connectivity index (χ3n) is 5.58. The molecule has 0 heterocycles. The summed E-state index contributed by atoms with van der Waals surface area (Å²) in [6.07, 6.45) is 3.89. The van der Waals surface area contributed by atoms with Gasteiger partial charge < -0.3 is 10.3 Å². The predicted molar refractivity (Wildman–Crippen MR) is 136 cm³/mol. The molecule has 2 rings (SSSR count). The van der Waals surface area contributed by atoms with Gasteiger partial charge in [-0.05, 0) is 42.4 Å². The average molecular weight is 416 g/mol. The zero-order valence-corrected chi connectivity index (χ0v) is 19.3. The van der Waals surface area contributed by atoms with Crippen LogP contribution >= 0.6 is 0 Å². The maximum atomic E-state index is 5.59. The average Bonchev–Trinajstić information content (AvgIpc) is 2.77. The lowest BCUT2D eigenvalue weighted by Crippen LogP contribution is -2.36. The molecule has 0 saturated carbocycles. The lowest BCUT2D eigenvalue weighted by Gasteiger charge is -2.36. The van der Waals surface area contributed by atoms with Crippen molar-refractivity contribution >= 4 is 5.70 Å². The number of nitrogens with zero attached hydrogens (tertiary/aromatic N) is 1. The minimum Gasteiger partial charge on any atom is -0.364 e. The highest BCUT2D eigenvalue weighted by molar-refractivity contribution is 5.79. The van der Waals surface area contributed by atoms with Gasteiger partial charge in [0.25, 0.3) is 0 Å². The highest BCUT2D eigenvalue weighted by atomic mass is 15.2. The number of hydrogen-bond acceptors (Lipinski definition) is 3. The van der Waals surface area contributed by atoms with Crippen LogP contribution < -0.4 is 11.3 Å². The minimum absolute atomic E-state index is 0.233. The Morgan fingerprint density at radius 2 is 1.68 bits per heavy atom. The van der Waals surface area contributed by atoms with E-state index in [1.165, 1.54) is 11.1 Å². The minimum atomic E-state index is 0.233. The van der Waals surface area contributed by atoms with E-state index in [9.17, 15) is 0 Å². The van der Waals surface area contributed by atoms with Crippen molar-refractivity contribution < 1.29 is 0 Å². The monoisotopic (exact) mass is 415 g/mol. The van der Waals surface area contributed by atoms with Gasteiger partial charge in [0.1, 0.15) is 0 Å². The summed E-state index contributed by atoms with van der Waals surface area (Å²) >= 11 is 0. The lowest BCUT2D eigenvalue weighted by molar-refractivity contribution is 0.228. The van der Waals surface area contributed by atoms with E-state index >= 15 is 0 Å². The first-order chi connectivity index (χ1) is 14.8. The van der Waals surface area contributed by atoms with Crippen molar-refractivity contribution in [1.29, 1.82) is 0 Å². The van der Waals surface area contributed by atoms with Crippen LogP contribution in [0.3, 0.4) is 0 Å². The molecule has 0 saturated heterocycles. The van der Waals surface area contributed by atoms with E-state index in [1.54, 1.807) is 0 Å². The van der Waals surface area contributed by atoms with Crippen molar-refractivity contribution in [2.45, 2.75) is 46.2 Å². The van der Waals surface area contributed by atoms with Gasteiger partial charge in [0.2, 0.25) is 0 Å². The van der Waals surface area contributed by atoms with Crippen molar-refractivity contribution in [3.05, 3.63) is 103 Å². The molecule has 0 aliphatic heterocycles. The van der Waals surface area contributed by atoms with E-state index < -0.39 is 0 Å². The number of hydrogen-bond donors (Lipinski definition) is 2. The first-order valence-corrected chi connectivity index (χ1v) is 10.8. The summed E-state index contributed by atoms with van der Waals surface area (Å²) in [4.78, 5) is 2.38. The Labute approximate surface area is 188 Å². The van der Waals surface area contributed by atoms with Crippen molar-refractivity contribution in [3.63, 3.8) is 0 Å². The summed E-state index contributed by atoms with van der Waals surface area (Å²) in [6, 6.07) is 17.1. The van der Waals surface area contributed by atoms with Crippen molar-refractivity contribution in [2.75, 3.05) is 0 Å². The first-order valence-electron chi connectivity index (χ1n) is 10.8. The molecule has 3 N–H and O–H groups in total. The number of rotatable bonds is 12. The van der Waals surface area contributed by atoms with Crippen LogP contribution in [0, 0.1) is 5.92 Å². The van der Waals surface area contributed by atoms with E-state index in [4.69, 9.17) is 5.84 Å². The summed E-state index contributed by atoms with van der Waals surface area (Å²) in [5.74, 6) is 6.03. The van der Waals surface area contributed by atoms with E-state index in [2.05, 4.69) is 87.7 Å². The summed E-state index contributed by atoms with van der Waals surface area (Å²) in [5, 5.41) is 0. The summed E-state index contributed by atoms with van der Waals surface area (Å²) in [7, 11) is 0. The molecule has 0 radical (unpaired) electrons. The van der Waals surface area contributed by atoms with Gasteiger partial charge in [-0.1, -0.05) is 87.2 Å². The van der Waals surface area contributed by atoms with Crippen LogP contribution in [0.4, 0.5) is 0 Å². The molecule has 0 amide bonds. The molecule has 0 aliphatic carbocycles. The van der Waals surface area contributed by atoms with Crippen molar-refractivity contribution in [2.24, 2.45) is 11.8 Å². The highest BCUT2D eigenvalue weighted by Gasteiger charge is 2.20. The molecule has 31 heavy (non-hydrogen) atoms. The molecule has 0 aromatic heterocycles. The second-order valence-electron chi connectivity index (χ2n) is 8.49. The van der Waals surface area contributed by atoms with Crippen LogP contribution in [0.2, 0.25) is 0 Å².